The molecular formula is C10H19NS. The molecule has 1 heterocycles. The maximum Gasteiger partial charge on any atom is 0.0215 e. The van der Waals surface area contributed by atoms with Gasteiger partial charge in [0, 0.05) is 23.6 Å². The minimum atomic E-state index is 0.948. The van der Waals surface area contributed by atoms with Crippen LogP contribution < -0.4 is 0 Å². The van der Waals surface area contributed by atoms with Crippen LogP contribution in [0.2, 0.25) is 0 Å². The van der Waals surface area contributed by atoms with Crippen LogP contribution in [0.3, 0.4) is 0 Å². The molecule has 1 saturated carbocycles. The van der Waals surface area contributed by atoms with Gasteiger partial charge < -0.3 is 0 Å². The molecule has 0 spiro atoms. The third kappa shape index (κ3) is 1.64. The van der Waals surface area contributed by atoms with Crippen molar-refractivity contribution >= 4 is 11.8 Å². The summed E-state index contributed by atoms with van der Waals surface area (Å²) in [5.41, 5.74) is 0. The lowest BCUT2D eigenvalue weighted by atomic mass is 10.2. The van der Waals surface area contributed by atoms with Crippen molar-refractivity contribution in [3.8, 4) is 0 Å². The summed E-state index contributed by atoms with van der Waals surface area (Å²) >= 11 is 2.22. The van der Waals surface area contributed by atoms with E-state index in [0.717, 1.165) is 11.3 Å². The number of hydrogen-bond donors (Lipinski definition) is 0. The Morgan fingerprint density at radius 1 is 1.42 bits per heavy atom. The predicted octanol–water partition coefficient (Wildman–Crippen LogP) is 2.37. The molecule has 0 N–H and O–H groups in total. The summed E-state index contributed by atoms with van der Waals surface area (Å²) in [6.45, 7) is 4.98. The number of hydrogen-bond acceptors (Lipinski definition) is 2. The molecule has 1 aliphatic carbocycles. The second kappa shape index (κ2) is 4.01. The van der Waals surface area contributed by atoms with Crippen LogP contribution in [0.5, 0.6) is 0 Å². The third-order valence-electron chi connectivity index (χ3n) is 3.11. The van der Waals surface area contributed by atoms with E-state index in [1.165, 1.54) is 44.5 Å². The van der Waals surface area contributed by atoms with Crippen molar-refractivity contribution in [3.63, 3.8) is 0 Å². The largest absolute Gasteiger partial charge is 0.298 e. The first kappa shape index (κ1) is 8.89. The molecule has 0 aromatic heterocycles. The van der Waals surface area contributed by atoms with Gasteiger partial charge in [-0.1, -0.05) is 13.3 Å². The van der Waals surface area contributed by atoms with Crippen molar-refractivity contribution in [3.05, 3.63) is 0 Å². The fourth-order valence-corrected chi connectivity index (χ4v) is 4.08. The van der Waals surface area contributed by atoms with E-state index < -0.39 is 0 Å². The van der Waals surface area contributed by atoms with Gasteiger partial charge in [-0.15, -0.1) is 0 Å². The van der Waals surface area contributed by atoms with Crippen LogP contribution in [0, 0.1) is 0 Å². The molecule has 2 rings (SSSR count). The minimum absolute atomic E-state index is 0.948. The van der Waals surface area contributed by atoms with Gasteiger partial charge in [0.05, 0.1) is 0 Å². The van der Waals surface area contributed by atoms with Gasteiger partial charge in [-0.05, 0) is 25.8 Å². The third-order valence-corrected chi connectivity index (χ3v) is 4.50. The fraction of sp³-hybridized carbons (Fsp3) is 1.00. The molecule has 0 aromatic rings. The second-order valence-electron chi connectivity index (χ2n) is 3.94. The molecular weight excluding hydrogens is 166 g/mol. The van der Waals surface area contributed by atoms with Crippen LogP contribution in [-0.4, -0.2) is 35.0 Å². The van der Waals surface area contributed by atoms with Crippen LogP contribution in [0.15, 0.2) is 0 Å². The van der Waals surface area contributed by atoms with E-state index >= 15 is 0 Å². The summed E-state index contributed by atoms with van der Waals surface area (Å²) in [5, 5.41) is 0.991. The number of rotatable bonds is 2. The Balaban J connectivity index is 1.94. The molecule has 0 radical (unpaired) electrons. The van der Waals surface area contributed by atoms with E-state index in [9.17, 15) is 0 Å². The van der Waals surface area contributed by atoms with Gasteiger partial charge in [0.15, 0.2) is 0 Å². The zero-order valence-corrected chi connectivity index (χ0v) is 8.78. The van der Waals surface area contributed by atoms with E-state index in [0.29, 0.717) is 0 Å². The highest BCUT2D eigenvalue weighted by Gasteiger charge is 2.34. The van der Waals surface area contributed by atoms with Crippen molar-refractivity contribution in [2.24, 2.45) is 0 Å². The molecule has 2 heteroatoms. The Morgan fingerprint density at radius 3 is 3.17 bits per heavy atom. The Kier molecular flexibility index (Phi) is 2.97. The maximum atomic E-state index is 2.73. The highest BCUT2D eigenvalue weighted by Crippen LogP contribution is 2.36. The van der Waals surface area contributed by atoms with Gasteiger partial charge in [-0.3, -0.25) is 4.90 Å². The van der Waals surface area contributed by atoms with E-state index in [2.05, 4.69) is 23.6 Å². The van der Waals surface area contributed by atoms with E-state index in [1.807, 2.05) is 0 Å². The zero-order valence-electron chi connectivity index (χ0n) is 7.96. The number of fused-ring (bicyclic) bond motifs is 1. The van der Waals surface area contributed by atoms with Gasteiger partial charge in [-0.2, -0.15) is 11.8 Å². The van der Waals surface area contributed by atoms with Gasteiger partial charge in [-0.25, -0.2) is 0 Å². The summed E-state index contributed by atoms with van der Waals surface area (Å²) in [6.07, 6.45) is 5.75. The zero-order chi connectivity index (χ0) is 8.39. The van der Waals surface area contributed by atoms with Gasteiger partial charge in [0.1, 0.15) is 0 Å². The number of nitrogens with zero attached hydrogens (tertiary/aromatic N) is 1. The lowest BCUT2D eigenvalue weighted by Gasteiger charge is -2.37. The average Bonchev–Trinajstić information content (AvgIpc) is 2.53. The summed E-state index contributed by atoms with van der Waals surface area (Å²) in [7, 11) is 0. The second-order valence-corrected chi connectivity index (χ2v) is 5.29. The predicted molar refractivity (Wildman–Crippen MR) is 55.7 cm³/mol. The minimum Gasteiger partial charge on any atom is -0.298 e. The number of thioether (sulfide) groups is 1. The maximum absolute atomic E-state index is 2.73. The normalized spacial score (nSPS) is 36.8. The Bertz CT molecular complexity index is 147. The van der Waals surface area contributed by atoms with Crippen LogP contribution in [0.25, 0.3) is 0 Å². The molecule has 1 saturated heterocycles. The van der Waals surface area contributed by atoms with E-state index in [-0.39, 0.29) is 0 Å². The smallest absolute Gasteiger partial charge is 0.0215 e. The standard InChI is InChI=1S/C10H19NS/c1-2-6-11-7-8-12-10-5-3-4-9(10)11/h9-10H,2-8H2,1H3. The SMILES string of the molecule is CCCN1CCSC2CCCC21. The molecule has 2 unspecified atom stereocenters. The topological polar surface area (TPSA) is 3.24 Å². The first-order valence-corrected chi connectivity index (χ1v) is 6.32. The molecule has 0 aromatic carbocycles. The van der Waals surface area contributed by atoms with Gasteiger partial charge in [0.2, 0.25) is 0 Å². The van der Waals surface area contributed by atoms with Crippen molar-refractivity contribution in [2.75, 3.05) is 18.8 Å². The first-order chi connectivity index (χ1) is 5.92. The molecule has 70 valence electrons. The van der Waals surface area contributed by atoms with Crippen LogP contribution in [-0.2, 0) is 0 Å². The van der Waals surface area contributed by atoms with E-state index in [4.69, 9.17) is 0 Å². The molecule has 1 nitrogen and oxygen atoms in total. The molecule has 2 aliphatic rings. The summed E-state index contributed by atoms with van der Waals surface area (Å²) in [6, 6.07) is 0.948. The molecule has 0 bridgehead atoms. The van der Waals surface area contributed by atoms with Gasteiger partial charge in [0.25, 0.3) is 0 Å². The molecule has 2 fully saturated rings. The molecule has 0 amide bonds. The average molecular weight is 185 g/mol. The van der Waals surface area contributed by atoms with Crippen LogP contribution in [0.1, 0.15) is 32.6 Å². The lowest BCUT2D eigenvalue weighted by molar-refractivity contribution is 0.208. The molecule has 12 heavy (non-hydrogen) atoms. The van der Waals surface area contributed by atoms with Crippen molar-refractivity contribution in [1.82, 2.24) is 4.90 Å². The molecule has 1 aliphatic heterocycles. The van der Waals surface area contributed by atoms with Crippen molar-refractivity contribution in [1.29, 1.82) is 0 Å². The quantitative estimate of drug-likeness (QED) is 0.650. The van der Waals surface area contributed by atoms with Crippen LogP contribution in [0.4, 0.5) is 0 Å². The van der Waals surface area contributed by atoms with E-state index in [1.54, 1.807) is 0 Å². The highest BCUT2D eigenvalue weighted by atomic mass is 32.2. The Hall–Kier alpha value is 0.310. The van der Waals surface area contributed by atoms with Crippen molar-refractivity contribution < 1.29 is 0 Å². The lowest BCUT2D eigenvalue weighted by Crippen LogP contribution is -2.44. The Morgan fingerprint density at radius 2 is 2.33 bits per heavy atom. The first-order valence-electron chi connectivity index (χ1n) is 5.27. The van der Waals surface area contributed by atoms with Gasteiger partial charge >= 0.3 is 0 Å². The summed E-state index contributed by atoms with van der Waals surface area (Å²) in [5.74, 6) is 1.38. The van der Waals surface area contributed by atoms with Crippen molar-refractivity contribution in [2.45, 2.75) is 43.9 Å². The monoisotopic (exact) mass is 185 g/mol. The fourth-order valence-electron chi connectivity index (χ4n) is 2.57. The summed E-state index contributed by atoms with van der Waals surface area (Å²) < 4.78 is 0. The molecule has 2 atom stereocenters. The Labute approximate surface area is 79.9 Å². The van der Waals surface area contributed by atoms with Crippen LogP contribution >= 0.6 is 11.8 Å². The highest BCUT2D eigenvalue weighted by molar-refractivity contribution is 8.00. The summed E-state index contributed by atoms with van der Waals surface area (Å²) in [4.78, 5) is 2.73.